The second-order valence-corrected chi connectivity index (χ2v) is 5.38. The van der Waals surface area contributed by atoms with E-state index in [9.17, 15) is 9.59 Å². The average molecular weight is 212 g/mol. The Morgan fingerprint density at radius 1 is 1.33 bits per heavy atom. The summed E-state index contributed by atoms with van der Waals surface area (Å²) in [6, 6.07) is -0.370. The van der Waals surface area contributed by atoms with Crippen LogP contribution in [0.15, 0.2) is 0 Å². The largest absolute Gasteiger partial charge is 0.343 e. The molecule has 0 bridgehead atoms. The van der Waals surface area contributed by atoms with Gasteiger partial charge in [-0.05, 0) is 26.7 Å². The third-order valence-electron chi connectivity index (χ3n) is 2.63. The lowest BCUT2D eigenvalue weighted by Crippen LogP contribution is -2.64. The van der Waals surface area contributed by atoms with Gasteiger partial charge in [0.1, 0.15) is 12.6 Å². The number of carbonyl (C=O) groups is 2. The zero-order chi connectivity index (χ0) is 11.8. The zero-order valence-corrected chi connectivity index (χ0v) is 10.1. The fourth-order valence-corrected chi connectivity index (χ4v) is 1.69. The molecule has 1 aliphatic heterocycles. The Bertz CT molecular complexity index is 279. The van der Waals surface area contributed by atoms with Crippen molar-refractivity contribution in [2.45, 2.75) is 46.2 Å². The van der Waals surface area contributed by atoms with E-state index in [1.165, 1.54) is 0 Å². The van der Waals surface area contributed by atoms with Gasteiger partial charge in [0.05, 0.1) is 0 Å². The van der Waals surface area contributed by atoms with Crippen molar-refractivity contribution in [1.82, 2.24) is 10.2 Å². The molecule has 1 heterocycles. The van der Waals surface area contributed by atoms with E-state index in [0.717, 1.165) is 0 Å². The minimum absolute atomic E-state index is 0.0251. The molecule has 0 radical (unpaired) electrons. The molecular formula is C11H20N2O2. The van der Waals surface area contributed by atoms with Crippen molar-refractivity contribution in [3.63, 3.8) is 0 Å². The SMILES string of the molecule is CC(C)C1NC(=O)CN(C(C)(C)C)C1=O. The fraction of sp³-hybridized carbons (Fsp3) is 0.818. The first-order valence-electron chi connectivity index (χ1n) is 5.34. The summed E-state index contributed by atoms with van der Waals surface area (Å²) >= 11 is 0. The second kappa shape index (κ2) is 3.83. The molecule has 86 valence electrons. The molecule has 1 N–H and O–H groups in total. The van der Waals surface area contributed by atoms with Gasteiger partial charge in [-0.3, -0.25) is 9.59 Å². The van der Waals surface area contributed by atoms with Crippen LogP contribution in [0.3, 0.4) is 0 Å². The summed E-state index contributed by atoms with van der Waals surface area (Å²) in [5.41, 5.74) is -0.290. The van der Waals surface area contributed by atoms with Crippen LogP contribution in [0.2, 0.25) is 0 Å². The van der Waals surface area contributed by atoms with Crippen LogP contribution in [0, 0.1) is 5.92 Å². The minimum atomic E-state index is -0.370. The first kappa shape index (κ1) is 12.0. The highest BCUT2D eigenvalue weighted by molar-refractivity contribution is 5.95. The van der Waals surface area contributed by atoms with Crippen LogP contribution in [0.4, 0.5) is 0 Å². The van der Waals surface area contributed by atoms with Crippen LogP contribution >= 0.6 is 0 Å². The molecule has 0 aliphatic carbocycles. The number of piperazine rings is 1. The van der Waals surface area contributed by atoms with Crippen LogP contribution in [-0.4, -0.2) is 34.8 Å². The molecule has 15 heavy (non-hydrogen) atoms. The molecule has 0 aromatic carbocycles. The van der Waals surface area contributed by atoms with E-state index in [1.54, 1.807) is 4.90 Å². The van der Waals surface area contributed by atoms with Crippen molar-refractivity contribution in [3.05, 3.63) is 0 Å². The minimum Gasteiger partial charge on any atom is -0.343 e. The van der Waals surface area contributed by atoms with Crippen molar-refractivity contribution in [2.75, 3.05) is 6.54 Å². The van der Waals surface area contributed by atoms with Crippen molar-refractivity contribution in [1.29, 1.82) is 0 Å². The van der Waals surface area contributed by atoms with Gasteiger partial charge >= 0.3 is 0 Å². The molecule has 1 fully saturated rings. The first-order valence-corrected chi connectivity index (χ1v) is 5.34. The highest BCUT2D eigenvalue weighted by Crippen LogP contribution is 2.19. The Balaban J connectivity index is 2.91. The molecule has 4 heteroatoms. The van der Waals surface area contributed by atoms with Gasteiger partial charge in [-0.25, -0.2) is 0 Å². The summed E-state index contributed by atoms with van der Waals surface area (Å²) in [6.07, 6.45) is 0. The van der Waals surface area contributed by atoms with Gasteiger partial charge in [-0.2, -0.15) is 0 Å². The van der Waals surface area contributed by atoms with Gasteiger partial charge in [0, 0.05) is 5.54 Å². The lowest BCUT2D eigenvalue weighted by atomic mass is 9.96. The highest BCUT2D eigenvalue weighted by Gasteiger charge is 2.39. The molecule has 4 nitrogen and oxygen atoms in total. The third kappa shape index (κ3) is 2.49. The molecule has 0 saturated carbocycles. The number of rotatable bonds is 1. The molecule has 1 saturated heterocycles. The Kier molecular flexibility index (Phi) is 3.07. The molecule has 0 spiro atoms. The van der Waals surface area contributed by atoms with E-state index >= 15 is 0 Å². The van der Waals surface area contributed by atoms with E-state index in [4.69, 9.17) is 0 Å². The molecular weight excluding hydrogens is 192 g/mol. The lowest BCUT2D eigenvalue weighted by molar-refractivity contribution is -0.150. The topological polar surface area (TPSA) is 49.4 Å². The van der Waals surface area contributed by atoms with Crippen LogP contribution in [-0.2, 0) is 9.59 Å². The summed E-state index contributed by atoms with van der Waals surface area (Å²) in [5.74, 6) is 0.0897. The van der Waals surface area contributed by atoms with Crippen LogP contribution in [0.5, 0.6) is 0 Å². The van der Waals surface area contributed by atoms with E-state index in [-0.39, 0.29) is 35.9 Å². The lowest BCUT2D eigenvalue weighted by Gasteiger charge is -2.42. The van der Waals surface area contributed by atoms with Gasteiger partial charge in [0.2, 0.25) is 11.8 Å². The average Bonchev–Trinajstić information content (AvgIpc) is 2.06. The summed E-state index contributed by atoms with van der Waals surface area (Å²) < 4.78 is 0. The second-order valence-electron chi connectivity index (χ2n) is 5.38. The maximum atomic E-state index is 12.1. The monoisotopic (exact) mass is 212 g/mol. The van der Waals surface area contributed by atoms with Gasteiger partial charge < -0.3 is 10.2 Å². The van der Waals surface area contributed by atoms with Gasteiger partial charge in [0.25, 0.3) is 0 Å². The maximum Gasteiger partial charge on any atom is 0.246 e. The van der Waals surface area contributed by atoms with E-state index in [1.807, 2.05) is 34.6 Å². The van der Waals surface area contributed by atoms with Crippen LogP contribution in [0.25, 0.3) is 0 Å². The summed E-state index contributed by atoms with van der Waals surface area (Å²) in [4.78, 5) is 25.2. The first-order chi connectivity index (χ1) is 6.73. The number of amides is 2. The van der Waals surface area contributed by atoms with Crippen LogP contribution in [0.1, 0.15) is 34.6 Å². The molecule has 1 unspecified atom stereocenters. The van der Waals surface area contributed by atoms with Crippen molar-refractivity contribution in [2.24, 2.45) is 5.92 Å². The smallest absolute Gasteiger partial charge is 0.246 e. The van der Waals surface area contributed by atoms with E-state index in [0.29, 0.717) is 0 Å². The Labute approximate surface area is 91.0 Å². The normalized spacial score (nSPS) is 23.3. The third-order valence-corrected chi connectivity index (χ3v) is 2.63. The Morgan fingerprint density at radius 3 is 2.27 bits per heavy atom. The van der Waals surface area contributed by atoms with Crippen molar-refractivity contribution in [3.8, 4) is 0 Å². The van der Waals surface area contributed by atoms with Gasteiger partial charge in [0.15, 0.2) is 0 Å². The summed E-state index contributed by atoms with van der Waals surface area (Å²) in [5, 5.41) is 2.74. The molecule has 1 rings (SSSR count). The van der Waals surface area contributed by atoms with E-state index < -0.39 is 0 Å². The van der Waals surface area contributed by atoms with E-state index in [2.05, 4.69) is 5.32 Å². The molecule has 1 atom stereocenters. The van der Waals surface area contributed by atoms with Gasteiger partial charge in [-0.1, -0.05) is 13.8 Å². The number of hydrogen-bond acceptors (Lipinski definition) is 2. The predicted octanol–water partition coefficient (Wildman–Crippen LogP) is 0.768. The number of hydrogen-bond donors (Lipinski definition) is 1. The molecule has 2 amide bonds. The summed E-state index contributed by atoms with van der Waals surface area (Å²) in [6.45, 7) is 9.89. The fourth-order valence-electron chi connectivity index (χ4n) is 1.69. The predicted molar refractivity (Wildman–Crippen MR) is 58.2 cm³/mol. The zero-order valence-electron chi connectivity index (χ0n) is 10.1. The van der Waals surface area contributed by atoms with Crippen molar-refractivity contribution >= 4 is 11.8 Å². The standard InChI is InChI=1S/C11H20N2O2/c1-7(2)9-10(15)13(11(3,4)5)6-8(14)12-9/h7,9H,6H2,1-5H3,(H,12,14). The Hall–Kier alpha value is -1.06. The molecule has 0 aromatic rings. The van der Waals surface area contributed by atoms with Crippen LogP contribution < -0.4 is 5.32 Å². The van der Waals surface area contributed by atoms with Crippen molar-refractivity contribution < 1.29 is 9.59 Å². The number of nitrogens with zero attached hydrogens (tertiary/aromatic N) is 1. The summed E-state index contributed by atoms with van der Waals surface area (Å²) in [7, 11) is 0. The quantitative estimate of drug-likeness (QED) is 0.698. The highest BCUT2D eigenvalue weighted by atomic mass is 16.2. The maximum absolute atomic E-state index is 12.1. The molecule has 1 aliphatic rings. The molecule has 0 aromatic heterocycles. The van der Waals surface area contributed by atoms with Gasteiger partial charge in [-0.15, -0.1) is 0 Å². The number of carbonyl (C=O) groups excluding carboxylic acids is 2. The Morgan fingerprint density at radius 2 is 1.87 bits per heavy atom. The number of nitrogens with one attached hydrogen (secondary N) is 1.